The van der Waals surface area contributed by atoms with Crippen LogP contribution in [0.25, 0.3) is 46.4 Å². The molecule has 1 radical (unpaired) electrons. The Morgan fingerprint density at radius 1 is 0.581 bits per heavy atom. The molecule has 0 aromatic carbocycles. The summed E-state index contributed by atoms with van der Waals surface area (Å²) < 4.78 is 5.01. The quantitative estimate of drug-likeness (QED) is 0.259. The zero-order valence-corrected chi connectivity index (χ0v) is 18.5. The smallest absolute Gasteiger partial charge is 0.0658 e. The summed E-state index contributed by atoms with van der Waals surface area (Å²) in [6.45, 7) is 3.83. The molecule has 3 aliphatic rings. The Balaban J connectivity index is 0.000000288. The van der Waals surface area contributed by atoms with E-state index in [2.05, 4.69) is 49.5 Å². The Morgan fingerprint density at radius 2 is 0.935 bits per heavy atom. The fourth-order valence-corrected chi connectivity index (χ4v) is 3.46. The average molecular weight is 572 g/mol. The third-order valence-electron chi connectivity index (χ3n) is 4.89. The van der Waals surface area contributed by atoms with Gasteiger partial charge in [-0.25, -0.2) is 9.97 Å². The van der Waals surface area contributed by atoms with Crippen LogP contribution in [0, 0.1) is 36.9 Å². The predicted octanol–water partition coefficient (Wildman–Crippen LogP) is 4.26. The van der Waals surface area contributed by atoms with Crippen molar-refractivity contribution < 1.29 is 41.6 Å². The van der Waals surface area contributed by atoms with Gasteiger partial charge in [0.15, 0.2) is 0 Å². The summed E-state index contributed by atoms with van der Waals surface area (Å²) in [5.74, 6) is 0. The molecule has 8 bridgehead atoms. The minimum Gasteiger partial charge on any atom is -0.379 e. The van der Waals surface area contributed by atoms with Gasteiger partial charge in [-0.05, 0) is 72.8 Å². The normalized spacial score (nSPS) is 14.5. The number of nitrogens with one attached hydrogen (secondary N) is 3. The van der Waals surface area contributed by atoms with Crippen molar-refractivity contribution in [3.8, 4) is 0 Å². The monoisotopic (exact) mass is 572 g/mol. The Morgan fingerprint density at radius 3 is 1.19 bits per heavy atom. The van der Waals surface area contributed by atoms with Crippen LogP contribution in [0.3, 0.4) is 0 Å². The second-order valence-electron chi connectivity index (χ2n) is 7.27. The van der Waals surface area contributed by atoms with Gasteiger partial charge >= 0.3 is 0 Å². The zero-order valence-electron chi connectivity index (χ0n) is 16.8. The maximum atomic E-state index is 5.01. The van der Waals surface area contributed by atoms with Gasteiger partial charge in [-0.3, -0.25) is 0 Å². The van der Waals surface area contributed by atoms with E-state index in [1.807, 2.05) is 48.6 Å². The Hall–Kier alpha value is -2.25. The molecule has 3 aliphatic heterocycles. The molecule has 3 aromatic rings. The van der Waals surface area contributed by atoms with Gasteiger partial charge in [0, 0.05) is 72.0 Å². The standard InChI is InChI=1S/C20H14N4.C4H9NO.Lu/c1-2-14-10-16-5-6-18(23-16)12-20-8-7-19(24-20)11-17-4-3-15(22-17)9-13(1)21-14;1-3-6-4-2-5-1;/h1-12,21,24H;5H,1-4H2;. The second-order valence-corrected chi connectivity index (χ2v) is 7.27. The van der Waals surface area contributed by atoms with Crippen molar-refractivity contribution in [3.63, 3.8) is 0 Å². The molecule has 3 aromatic heterocycles. The van der Waals surface area contributed by atoms with Crippen molar-refractivity contribution in [3.05, 3.63) is 71.3 Å². The summed E-state index contributed by atoms with van der Waals surface area (Å²) in [7, 11) is 0. The Labute approximate surface area is 209 Å². The van der Waals surface area contributed by atoms with E-state index in [1.54, 1.807) is 0 Å². The number of hydrogen-bond donors (Lipinski definition) is 3. The number of H-pyrrole nitrogens is 2. The summed E-state index contributed by atoms with van der Waals surface area (Å²) in [4.78, 5) is 16.0. The molecule has 165 valence electrons. The molecular formula is C24H23LuN5O. The van der Waals surface area contributed by atoms with Crippen LogP contribution < -0.4 is 5.32 Å². The number of fused-ring (bicyclic) bond motifs is 8. The molecule has 1 fully saturated rings. The molecule has 0 amide bonds. The number of ether oxygens (including phenoxy) is 1. The molecule has 0 atom stereocenters. The maximum absolute atomic E-state index is 5.01. The number of nitrogens with zero attached hydrogens (tertiary/aromatic N) is 2. The van der Waals surface area contributed by atoms with Crippen molar-refractivity contribution in [2.75, 3.05) is 26.3 Å². The van der Waals surface area contributed by atoms with Crippen molar-refractivity contribution in [2.24, 2.45) is 0 Å². The third kappa shape index (κ3) is 5.92. The van der Waals surface area contributed by atoms with Gasteiger partial charge in [-0.1, -0.05) is 0 Å². The van der Waals surface area contributed by atoms with Gasteiger partial charge < -0.3 is 20.0 Å². The molecule has 6 nitrogen and oxygen atoms in total. The van der Waals surface area contributed by atoms with E-state index >= 15 is 0 Å². The molecule has 6 rings (SSSR count). The van der Waals surface area contributed by atoms with E-state index in [0.717, 1.165) is 71.1 Å². The van der Waals surface area contributed by atoms with Gasteiger partial charge in [0.25, 0.3) is 0 Å². The number of rotatable bonds is 0. The summed E-state index contributed by atoms with van der Waals surface area (Å²) in [6, 6.07) is 16.4. The minimum absolute atomic E-state index is 0. The number of hydrogen-bond acceptors (Lipinski definition) is 4. The maximum Gasteiger partial charge on any atom is 0.0658 e. The molecular weight excluding hydrogens is 549 g/mol. The van der Waals surface area contributed by atoms with Crippen molar-refractivity contribution in [1.82, 2.24) is 25.3 Å². The average Bonchev–Trinajstić information content (AvgIpc) is 3.56. The first-order valence-electron chi connectivity index (χ1n) is 10.1. The van der Waals surface area contributed by atoms with Gasteiger partial charge in [-0.2, -0.15) is 0 Å². The molecule has 7 heteroatoms. The first kappa shape index (κ1) is 22.0. The van der Waals surface area contributed by atoms with E-state index in [1.165, 1.54) is 0 Å². The molecule has 3 N–H and O–H groups in total. The fourth-order valence-electron chi connectivity index (χ4n) is 3.46. The first-order valence-corrected chi connectivity index (χ1v) is 10.1. The van der Waals surface area contributed by atoms with E-state index < -0.39 is 0 Å². The molecule has 0 aliphatic carbocycles. The molecule has 6 heterocycles. The minimum atomic E-state index is 0. The first-order chi connectivity index (χ1) is 14.8. The summed E-state index contributed by atoms with van der Waals surface area (Å²) in [5, 5.41) is 3.16. The second kappa shape index (κ2) is 10.4. The van der Waals surface area contributed by atoms with Gasteiger partial charge in [-0.15, -0.1) is 0 Å². The van der Waals surface area contributed by atoms with Crippen molar-refractivity contribution in [2.45, 2.75) is 0 Å². The molecule has 1 saturated heterocycles. The Bertz CT molecular complexity index is 1080. The van der Waals surface area contributed by atoms with Gasteiger partial charge in [0.05, 0.1) is 36.0 Å². The van der Waals surface area contributed by atoms with Crippen LogP contribution in [0.2, 0.25) is 0 Å². The van der Waals surface area contributed by atoms with Crippen LogP contribution in [0.15, 0.2) is 48.5 Å². The topological polar surface area (TPSA) is 78.6 Å². The molecule has 0 spiro atoms. The third-order valence-corrected chi connectivity index (χ3v) is 4.89. The van der Waals surface area contributed by atoms with Crippen LogP contribution in [0.5, 0.6) is 0 Å². The van der Waals surface area contributed by atoms with Crippen LogP contribution >= 0.6 is 0 Å². The number of morpholine rings is 1. The van der Waals surface area contributed by atoms with Crippen LogP contribution in [-0.4, -0.2) is 46.2 Å². The molecule has 0 saturated carbocycles. The summed E-state index contributed by atoms with van der Waals surface area (Å²) in [5.41, 5.74) is 7.86. The predicted molar refractivity (Wildman–Crippen MR) is 123 cm³/mol. The van der Waals surface area contributed by atoms with Crippen LogP contribution in [0.1, 0.15) is 22.8 Å². The molecule has 0 unspecified atom stereocenters. The summed E-state index contributed by atoms with van der Waals surface area (Å²) in [6.07, 6.45) is 8.09. The van der Waals surface area contributed by atoms with Crippen LogP contribution in [0.4, 0.5) is 0 Å². The van der Waals surface area contributed by atoms with Crippen molar-refractivity contribution in [1.29, 1.82) is 0 Å². The van der Waals surface area contributed by atoms with Gasteiger partial charge in [0.2, 0.25) is 0 Å². The fraction of sp³-hybridized carbons (Fsp3) is 0.167. The van der Waals surface area contributed by atoms with Crippen LogP contribution in [-0.2, 0) is 4.74 Å². The summed E-state index contributed by atoms with van der Waals surface area (Å²) >= 11 is 0. The number of aromatic nitrogens is 4. The zero-order chi connectivity index (χ0) is 20.2. The van der Waals surface area contributed by atoms with E-state index in [0.29, 0.717) is 0 Å². The van der Waals surface area contributed by atoms with Crippen molar-refractivity contribution >= 4 is 46.4 Å². The van der Waals surface area contributed by atoms with E-state index in [9.17, 15) is 0 Å². The largest absolute Gasteiger partial charge is 0.379 e. The molecule has 31 heavy (non-hydrogen) atoms. The Kier molecular flexibility index (Phi) is 7.35. The van der Waals surface area contributed by atoms with Gasteiger partial charge in [0.1, 0.15) is 0 Å². The number of aromatic amines is 2. The van der Waals surface area contributed by atoms with E-state index in [4.69, 9.17) is 4.74 Å². The van der Waals surface area contributed by atoms with E-state index in [-0.39, 0.29) is 36.9 Å². The SMILES string of the molecule is C1=Cc2cc3ccc(cc4nc(cc5ccc(cc1n2)[nH]5)C=C4)[nH]3.C1COCCN1.[Lu].